The smallest absolute Gasteiger partial charge is 0.119 e. The van der Waals surface area contributed by atoms with Gasteiger partial charge in [-0.2, -0.15) is 0 Å². The number of hydrogen-bond donors (Lipinski definition) is 2. The van der Waals surface area contributed by atoms with Gasteiger partial charge in [-0.05, 0) is 37.0 Å². The fraction of sp³-hybridized carbons (Fsp3) is 0.600. The lowest BCUT2D eigenvalue weighted by atomic mass is 9.82. The van der Waals surface area contributed by atoms with E-state index in [-0.39, 0.29) is 30.0 Å². The molecular formula is C15H26ClNO2. The van der Waals surface area contributed by atoms with Crippen molar-refractivity contribution in [2.45, 2.75) is 52.9 Å². The highest BCUT2D eigenvalue weighted by Crippen LogP contribution is 2.29. The van der Waals surface area contributed by atoms with Crippen LogP contribution >= 0.6 is 12.4 Å². The first kappa shape index (κ1) is 18.2. The van der Waals surface area contributed by atoms with Crippen LogP contribution in [-0.4, -0.2) is 17.3 Å². The van der Waals surface area contributed by atoms with E-state index >= 15 is 0 Å². The molecule has 0 radical (unpaired) electrons. The maximum absolute atomic E-state index is 10.2. The molecule has 0 bridgehead atoms. The average Bonchev–Trinajstić information content (AvgIpc) is 2.26. The van der Waals surface area contributed by atoms with Crippen molar-refractivity contribution in [3.8, 4) is 5.75 Å². The van der Waals surface area contributed by atoms with E-state index in [4.69, 9.17) is 10.5 Å². The van der Waals surface area contributed by atoms with Gasteiger partial charge in [0.1, 0.15) is 5.75 Å². The van der Waals surface area contributed by atoms with Crippen LogP contribution in [0.5, 0.6) is 5.75 Å². The van der Waals surface area contributed by atoms with E-state index in [1.165, 1.54) is 0 Å². The lowest BCUT2D eigenvalue weighted by Gasteiger charge is -2.31. The molecule has 2 atom stereocenters. The Hall–Kier alpha value is -0.770. The summed E-state index contributed by atoms with van der Waals surface area (Å²) in [5.74, 6) is 0.825. The van der Waals surface area contributed by atoms with E-state index in [1.807, 2.05) is 58.9 Å². The molecule has 0 aliphatic carbocycles. The third kappa shape index (κ3) is 5.39. The zero-order valence-corrected chi connectivity index (χ0v) is 13.2. The summed E-state index contributed by atoms with van der Waals surface area (Å²) in [4.78, 5) is 0. The molecule has 0 spiro atoms. The molecule has 4 heteroatoms. The van der Waals surface area contributed by atoms with Gasteiger partial charge in [0, 0.05) is 0 Å². The van der Waals surface area contributed by atoms with Crippen molar-refractivity contribution in [1.82, 2.24) is 0 Å². The number of aliphatic hydroxyl groups is 1. The molecule has 3 N–H and O–H groups in total. The van der Waals surface area contributed by atoms with Gasteiger partial charge in [-0.15, -0.1) is 12.4 Å². The predicted octanol–water partition coefficient (Wildman–Crippen LogP) is 3.30. The molecule has 0 saturated carbocycles. The van der Waals surface area contributed by atoms with Gasteiger partial charge in [0.2, 0.25) is 0 Å². The maximum atomic E-state index is 10.2. The molecule has 0 aliphatic rings. The Morgan fingerprint density at radius 3 is 1.95 bits per heavy atom. The quantitative estimate of drug-likeness (QED) is 0.893. The molecule has 19 heavy (non-hydrogen) atoms. The Labute approximate surface area is 122 Å². The molecule has 0 fully saturated rings. The molecule has 1 aromatic carbocycles. The second-order valence-electron chi connectivity index (χ2n) is 6.07. The van der Waals surface area contributed by atoms with E-state index in [2.05, 4.69) is 0 Å². The van der Waals surface area contributed by atoms with Crippen LogP contribution in [0, 0.1) is 5.41 Å². The molecule has 1 rings (SSSR count). The average molecular weight is 288 g/mol. The van der Waals surface area contributed by atoms with E-state index < -0.39 is 6.10 Å². The Bertz CT molecular complexity index is 371. The van der Waals surface area contributed by atoms with Crippen LogP contribution in [0.25, 0.3) is 0 Å². The van der Waals surface area contributed by atoms with Gasteiger partial charge in [0.15, 0.2) is 0 Å². The first-order valence-corrected chi connectivity index (χ1v) is 6.42. The van der Waals surface area contributed by atoms with E-state index in [1.54, 1.807) is 0 Å². The molecule has 0 amide bonds. The van der Waals surface area contributed by atoms with E-state index in [9.17, 15) is 5.11 Å². The van der Waals surface area contributed by atoms with Crippen molar-refractivity contribution in [2.75, 3.05) is 0 Å². The standard InChI is InChI=1S/C15H25NO2.ClH/c1-10(2)18-12-8-6-11(7-9-12)13(16)14(17)15(3,4)5;/h6-10,13-14,17H,16H2,1-5H3;1H/t13-,14-;/m0./s1. The van der Waals surface area contributed by atoms with Gasteiger partial charge >= 0.3 is 0 Å². The Balaban J connectivity index is 0.00000324. The Kier molecular flexibility index (Phi) is 6.84. The number of aliphatic hydroxyl groups excluding tert-OH is 1. The third-order valence-electron chi connectivity index (χ3n) is 2.86. The van der Waals surface area contributed by atoms with Crippen molar-refractivity contribution in [1.29, 1.82) is 0 Å². The number of halogens is 1. The first-order valence-electron chi connectivity index (χ1n) is 6.42. The Morgan fingerprint density at radius 2 is 1.58 bits per heavy atom. The summed E-state index contributed by atoms with van der Waals surface area (Å²) in [6, 6.07) is 7.24. The number of ether oxygens (including phenoxy) is 1. The monoisotopic (exact) mass is 287 g/mol. The first-order chi connectivity index (χ1) is 8.21. The Morgan fingerprint density at radius 1 is 1.11 bits per heavy atom. The van der Waals surface area contributed by atoms with Crippen molar-refractivity contribution in [2.24, 2.45) is 11.1 Å². The summed E-state index contributed by atoms with van der Waals surface area (Å²) in [7, 11) is 0. The minimum absolute atomic E-state index is 0. The maximum Gasteiger partial charge on any atom is 0.119 e. The zero-order chi connectivity index (χ0) is 13.9. The summed E-state index contributed by atoms with van der Waals surface area (Å²) in [6.07, 6.45) is -0.418. The van der Waals surface area contributed by atoms with E-state index in [0.717, 1.165) is 11.3 Å². The van der Waals surface area contributed by atoms with Crippen molar-refractivity contribution < 1.29 is 9.84 Å². The topological polar surface area (TPSA) is 55.5 Å². The van der Waals surface area contributed by atoms with Gasteiger partial charge in [0.05, 0.1) is 18.2 Å². The van der Waals surface area contributed by atoms with Gasteiger partial charge in [-0.25, -0.2) is 0 Å². The molecule has 3 nitrogen and oxygen atoms in total. The third-order valence-corrected chi connectivity index (χ3v) is 2.86. The highest BCUT2D eigenvalue weighted by Gasteiger charge is 2.28. The van der Waals surface area contributed by atoms with E-state index in [0.29, 0.717) is 0 Å². The lowest BCUT2D eigenvalue weighted by Crippen LogP contribution is -2.36. The highest BCUT2D eigenvalue weighted by molar-refractivity contribution is 5.85. The summed E-state index contributed by atoms with van der Waals surface area (Å²) in [5.41, 5.74) is 6.78. The minimum Gasteiger partial charge on any atom is -0.491 e. The molecule has 1 aromatic rings. The van der Waals surface area contributed by atoms with Crippen molar-refractivity contribution in [3.63, 3.8) is 0 Å². The van der Waals surface area contributed by atoms with Crippen LogP contribution in [0.2, 0.25) is 0 Å². The fourth-order valence-electron chi connectivity index (χ4n) is 1.76. The van der Waals surface area contributed by atoms with Crippen LogP contribution in [0.4, 0.5) is 0 Å². The second-order valence-corrected chi connectivity index (χ2v) is 6.07. The fourth-order valence-corrected chi connectivity index (χ4v) is 1.76. The van der Waals surface area contributed by atoms with Crippen LogP contribution < -0.4 is 10.5 Å². The van der Waals surface area contributed by atoms with Gasteiger partial charge in [0.25, 0.3) is 0 Å². The van der Waals surface area contributed by atoms with Crippen molar-refractivity contribution >= 4 is 12.4 Å². The van der Waals surface area contributed by atoms with Crippen LogP contribution in [0.1, 0.15) is 46.2 Å². The predicted molar refractivity (Wildman–Crippen MR) is 81.8 cm³/mol. The highest BCUT2D eigenvalue weighted by atomic mass is 35.5. The molecule has 0 unspecified atom stereocenters. The van der Waals surface area contributed by atoms with Crippen LogP contribution in [0.15, 0.2) is 24.3 Å². The van der Waals surface area contributed by atoms with Gasteiger partial charge < -0.3 is 15.6 Å². The number of nitrogens with two attached hydrogens (primary N) is 1. The molecule has 0 aliphatic heterocycles. The molecule has 0 aromatic heterocycles. The summed E-state index contributed by atoms with van der Waals surface area (Å²) in [6.45, 7) is 9.92. The summed E-state index contributed by atoms with van der Waals surface area (Å²) >= 11 is 0. The summed E-state index contributed by atoms with van der Waals surface area (Å²) < 4.78 is 5.57. The number of rotatable bonds is 4. The molecule has 0 saturated heterocycles. The number of benzene rings is 1. The lowest BCUT2D eigenvalue weighted by molar-refractivity contribution is 0.0401. The second kappa shape index (κ2) is 7.13. The molecule has 0 heterocycles. The summed E-state index contributed by atoms with van der Waals surface area (Å²) in [5, 5.41) is 10.2. The molecule has 110 valence electrons. The molecular weight excluding hydrogens is 262 g/mol. The minimum atomic E-state index is -0.575. The SMILES string of the molecule is CC(C)Oc1ccc([C@H](N)[C@H](O)C(C)(C)C)cc1.Cl. The zero-order valence-electron chi connectivity index (χ0n) is 12.4. The van der Waals surface area contributed by atoms with Gasteiger partial charge in [-0.3, -0.25) is 0 Å². The number of hydrogen-bond acceptors (Lipinski definition) is 3. The van der Waals surface area contributed by atoms with Crippen molar-refractivity contribution in [3.05, 3.63) is 29.8 Å². The normalized spacial score (nSPS) is 14.7. The van der Waals surface area contributed by atoms with Crippen LogP contribution in [-0.2, 0) is 0 Å². The van der Waals surface area contributed by atoms with Gasteiger partial charge in [-0.1, -0.05) is 32.9 Å². The largest absolute Gasteiger partial charge is 0.491 e. The van der Waals surface area contributed by atoms with Crippen LogP contribution in [0.3, 0.4) is 0 Å².